The van der Waals surface area contributed by atoms with Gasteiger partial charge in [-0.1, -0.05) is 24.9 Å². The number of hydrogen-bond acceptors (Lipinski definition) is 3. The number of hydrogen-bond donors (Lipinski definition) is 0. The zero-order chi connectivity index (χ0) is 17.0. The Morgan fingerprint density at radius 1 is 1.30 bits per heavy atom. The van der Waals surface area contributed by atoms with Crippen LogP contribution in [-0.4, -0.2) is 22.9 Å². The standard InChI is InChI=1S/C16H18ClF2N3O/c1-3-5-8-21(4-2)14-10-20-22(16(23)15(14)17)13-7-6-11(18)9-12(13)19/h6-7,9-10H,3-5,8H2,1-2H3. The van der Waals surface area contributed by atoms with Gasteiger partial charge in [0.2, 0.25) is 0 Å². The lowest BCUT2D eigenvalue weighted by molar-refractivity contribution is 0.570. The highest BCUT2D eigenvalue weighted by Crippen LogP contribution is 2.22. The predicted molar refractivity (Wildman–Crippen MR) is 87.6 cm³/mol. The van der Waals surface area contributed by atoms with Crippen molar-refractivity contribution in [2.45, 2.75) is 26.7 Å². The lowest BCUT2D eigenvalue weighted by Gasteiger charge is -2.23. The molecule has 1 aromatic carbocycles. The van der Waals surface area contributed by atoms with E-state index in [0.717, 1.165) is 36.2 Å². The van der Waals surface area contributed by atoms with Crippen LogP contribution in [0, 0.1) is 11.6 Å². The molecule has 0 radical (unpaired) electrons. The number of unbranched alkanes of at least 4 members (excludes halogenated alkanes) is 1. The van der Waals surface area contributed by atoms with Crippen molar-refractivity contribution in [3.05, 3.63) is 51.4 Å². The molecule has 0 amide bonds. The Hall–Kier alpha value is -1.95. The van der Waals surface area contributed by atoms with Gasteiger partial charge < -0.3 is 4.90 Å². The first-order valence-corrected chi connectivity index (χ1v) is 7.85. The topological polar surface area (TPSA) is 38.1 Å². The smallest absolute Gasteiger partial charge is 0.292 e. The molecule has 0 saturated carbocycles. The second kappa shape index (κ2) is 7.55. The van der Waals surface area contributed by atoms with Gasteiger partial charge in [-0.25, -0.2) is 8.78 Å². The third kappa shape index (κ3) is 3.69. The number of rotatable bonds is 6. The van der Waals surface area contributed by atoms with Gasteiger partial charge in [-0.05, 0) is 25.5 Å². The minimum atomic E-state index is -0.873. The molecule has 0 bridgehead atoms. The van der Waals surface area contributed by atoms with E-state index in [9.17, 15) is 13.6 Å². The SMILES string of the molecule is CCCCN(CC)c1cnn(-c2ccc(F)cc2F)c(=O)c1Cl. The van der Waals surface area contributed by atoms with Crippen molar-refractivity contribution in [3.8, 4) is 5.69 Å². The van der Waals surface area contributed by atoms with Crippen LogP contribution in [0.15, 0.2) is 29.2 Å². The molecule has 0 spiro atoms. The maximum atomic E-state index is 13.8. The van der Waals surface area contributed by atoms with Gasteiger partial charge in [-0.3, -0.25) is 4.79 Å². The Morgan fingerprint density at radius 3 is 2.65 bits per heavy atom. The summed E-state index contributed by atoms with van der Waals surface area (Å²) in [5, 5.41) is 3.97. The van der Waals surface area contributed by atoms with Gasteiger partial charge in [0.25, 0.3) is 5.56 Å². The predicted octanol–water partition coefficient (Wildman–Crippen LogP) is 3.79. The fourth-order valence-corrected chi connectivity index (χ4v) is 2.52. The molecule has 0 aliphatic carbocycles. The highest BCUT2D eigenvalue weighted by molar-refractivity contribution is 6.33. The average Bonchev–Trinajstić information content (AvgIpc) is 2.53. The highest BCUT2D eigenvalue weighted by Gasteiger charge is 2.17. The quantitative estimate of drug-likeness (QED) is 0.802. The van der Waals surface area contributed by atoms with Gasteiger partial charge >= 0.3 is 0 Å². The summed E-state index contributed by atoms with van der Waals surface area (Å²) < 4.78 is 27.7. The molecule has 0 atom stereocenters. The molecule has 2 aromatic rings. The van der Waals surface area contributed by atoms with E-state index in [-0.39, 0.29) is 10.7 Å². The third-order valence-electron chi connectivity index (χ3n) is 3.54. The van der Waals surface area contributed by atoms with Crippen molar-refractivity contribution >= 4 is 17.3 Å². The van der Waals surface area contributed by atoms with Crippen molar-refractivity contribution in [2.75, 3.05) is 18.0 Å². The van der Waals surface area contributed by atoms with Crippen LogP contribution in [0.2, 0.25) is 5.02 Å². The normalized spacial score (nSPS) is 10.8. The molecule has 124 valence electrons. The third-order valence-corrected chi connectivity index (χ3v) is 3.90. The number of nitrogens with zero attached hydrogens (tertiary/aromatic N) is 3. The van der Waals surface area contributed by atoms with Crippen molar-refractivity contribution in [3.63, 3.8) is 0 Å². The molecule has 1 heterocycles. The molecular weight excluding hydrogens is 324 g/mol. The summed E-state index contributed by atoms with van der Waals surface area (Å²) in [7, 11) is 0. The zero-order valence-corrected chi connectivity index (χ0v) is 13.8. The molecule has 23 heavy (non-hydrogen) atoms. The van der Waals surface area contributed by atoms with Crippen LogP contribution in [0.25, 0.3) is 5.69 Å². The van der Waals surface area contributed by atoms with Crippen LogP contribution >= 0.6 is 11.6 Å². The maximum absolute atomic E-state index is 13.8. The first kappa shape index (κ1) is 17.4. The second-order valence-corrected chi connectivity index (χ2v) is 5.47. The molecule has 0 N–H and O–H groups in total. The molecule has 0 saturated heterocycles. The number of aromatic nitrogens is 2. The summed E-state index contributed by atoms with van der Waals surface area (Å²) in [6.45, 7) is 5.46. The lowest BCUT2D eigenvalue weighted by atomic mass is 10.2. The Labute approximate surface area is 138 Å². The van der Waals surface area contributed by atoms with Crippen molar-refractivity contribution in [1.82, 2.24) is 9.78 Å². The van der Waals surface area contributed by atoms with Crippen LogP contribution in [0.1, 0.15) is 26.7 Å². The fourth-order valence-electron chi connectivity index (χ4n) is 2.27. The van der Waals surface area contributed by atoms with Crippen molar-refractivity contribution < 1.29 is 8.78 Å². The van der Waals surface area contributed by atoms with E-state index in [0.29, 0.717) is 18.3 Å². The molecule has 1 aromatic heterocycles. The summed E-state index contributed by atoms with van der Waals surface area (Å²) in [6, 6.07) is 2.92. The Bertz CT molecular complexity index is 749. The first-order chi connectivity index (χ1) is 11.0. The summed E-state index contributed by atoms with van der Waals surface area (Å²) in [5.41, 5.74) is -0.252. The average molecular weight is 342 g/mol. The van der Waals surface area contributed by atoms with Crippen LogP contribution in [0.3, 0.4) is 0 Å². The first-order valence-electron chi connectivity index (χ1n) is 7.47. The molecule has 0 fully saturated rings. The number of benzene rings is 1. The number of anilines is 1. The van der Waals surface area contributed by atoms with E-state index in [4.69, 9.17) is 11.6 Å². The molecule has 0 aliphatic rings. The molecule has 2 rings (SSSR count). The van der Waals surface area contributed by atoms with Crippen LogP contribution in [0.4, 0.5) is 14.5 Å². The molecule has 7 heteroatoms. The van der Waals surface area contributed by atoms with Gasteiger partial charge in [0.15, 0.2) is 5.82 Å². The zero-order valence-electron chi connectivity index (χ0n) is 13.0. The van der Waals surface area contributed by atoms with E-state index < -0.39 is 17.2 Å². The summed E-state index contributed by atoms with van der Waals surface area (Å²) >= 11 is 6.17. The lowest BCUT2D eigenvalue weighted by Crippen LogP contribution is -2.29. The van der Waals surface area contributed by atoms with Gasteiger partial charge in [0.1, 0.15) is 16.5 Å². The summed E-state index contributed by atoms with van der Waals surface area (Å²) in [6.07, 6.45) is 3.41. The minimum Gasteiger partial charge on any atom is -0.369 e. The van der Waals surface area contributed by atoms with E-state index in [1.54, 1.807) is 0 Å². The maximum Gasteiger partial charge on any atom is 0.292 e. The summed E-state index contributed by atoms with van der Waals surface area (Å²) in [5.74, 6) is -1.60. The van der Waals surface area contributed by atoms with E-state index in [2.05, 4.69) is 12.0 Å². The van der Waals surface area contributed by atoms with Gasteiger partial charge in [0, 0.05) is 19.2 Å². The summed E-state index contributed by atoms with van der Waals surface area (Å²) in [4.78, 5) is 14.4. The van der Waals surface area contributed by atoms with Gasteiger partial charge in [0.05, 0.1) is 11.9 Å². The van der Waals surface area contributed by atoms with Gasteiger partial charge in [-0.2, -0.15) is 9.78 Å². The monoisotopic (exact) mass is 341 g/mol. The van der Waals surface area contributed by atoms with E-state index >= 15 is 0 Å². The van der Waals surface area contributed by atoms with Gasteiger partial charge in [-0.15, -0.1) is 0 Å². The minimum absolute atomic E-state index is 0.0262. The van der Waals surface area contributed by atoms with Crippen molar-refractivity contribution in [2.24, 2.45) is 0 Å². The second-order valence-electron chi connectivity index (χ2n) is 5.09. The molecule has 4 nitrogen and oxygen atoms in total. The van der Waals surface area contributed by atoms with Crippen LogP contribution in [-0.2, 0) is 0 Å². The van der Waals surface area contributed by atoms with Crippen molar-refractivity contribution in [1.29, 1.82) is 0 Å². The molecular formula is C16H18ClF2N3O. The largest absolute Gasteiger partial charge is 0.369 e. The molecule has 0 unspecified atom stereocenters. The van der Waals surface area contributed by atoms with Crippen LogP contribution in [0.5, 0.6) is 0 Å². The Morgan fingerprint density at radius 2 is 2.04 bits per heavy atom. The Balaban J connectivity index is 2.46. The number of halogens is 3. The highest BCUT2D eigenvalue weighted by atomic mass is 35.5. The van der Waals surface area contributed by atoms with E-state index in [1.807, 2.05) is 11.8 Å². The van der Waals surface area contributed by atoms with E-state index in [1.165, 1.54) is 6.20 Å². The fraction of sp³-hybridized carbons (Fsp3) is 0.375. The van der Waals surface area contributed by atoms with Crippen LogP contribution < -0.4 is 10.5 Å². The Kier molecular flexibility index (Phi) is 5.71. The molecule has 0 aliphatic heterocycles.